The normalized spacial score (nSPS) is 16.7. The average Bonchev–Trinajstić information content (AvgIpc) is 3.19. The van der Waals surface area contributed by atoms with Crippen molar-refractivity contribution in [2.45, 2.75) is 25.9 Å². The van der Waals surface area contributed by atoms with Gasteiger partial charge in [-0.25, -0.2) is 4.98 Å². The van der Waals surface area contributed by atoms with Crippen molar-refractivity contribution in [3.05, 3.63) is 59.9 Å². The highest BCUT2D eigenvalue weighted by molar-refractivity contribution is 6.07. The fraction of sp³-hybridized carbons (Fsp3) is 0.286. The summed E-state index contributed by atoms with van der Waals surface area (Å²) in [4.78, 5) is 21.8. The van der Waals surface area contributed by atoms with Crippen molar-refractivity contribution in [1.29, 1.82) is 0 Å². The summed E-state index contributed by atoms with van der Waals surface area (Å²) in [5, 5.41) is 3.89. The molecule has 1 fully saturated rings. The Morgan fingerprint density at radius 3 is 3.00 bits per heavy atom. The predicted molar refractivity (Wildman–Crippen MR) is 101 cm³/mol. The lowest BCUT2D eigenvalue weighted by molar-refractivity contribution is 0.0859. The Hall–Kier alpha value is -2.79. The summed E-state index contributed by atoms with van der Waals surface area (Å²) in [5.41, 5.74) is 4.18. The van der Waals surface area contributed by atoms with E-state index in [-0.39, 0.29) is 12.0 Å². The molecule has 0 saturated carbocycles. The predicted octanol–water partition coefficient (Wildman–Crippen LogP) is 3.51. The van der Waals surface area contributed by atoms with E-state index in [0.29, 0.717) is 12.1 Å². The Morgan fingerprint density at radius 1 is 1.31 bits per heavy atom. The molecule has 0 unspecified atom stereocenters. The molecule has 0 aliphatic carbocycles. The van der Waals surface area contributed by atoms with Crippen LogP contribution < -0.4 is 5.32 Å². The van der Waals surface area contributed by atoms with Crippen LogP contribution in [0.2, 0.25) is 0 Å². The Labute approximate surface area is 152 Å². The number of rotatable bonds is 4. The van der Waals surface area contributed by atoms with Gasteiger partial charge in [-0.2, -0.15) is 0 Å². The summed E-state index contributed by atoms with van der Waals surface area (Å²) in [7, 11) is 0. The summed E-state index contributed by atoms with van der Waals surface area (Å²) in [6.07, 6.45) is 5.66. The number of amides is 1. The summed E-state index contributed by atoms with van der Waals surface area (Å²) < 4.78 is 5.60. The second-order valence-corrected chi connectivity index (χ2v) is 6.66. The third kappa shape index (κ3) is 3.44. The summed E-state index contributed by atoms with van der Waals surface area (Å²) in [6.45, 7) is 3.34. The minimum Gasteiger partial charge on any atom is -0.376 e. The average molecular weight is 347 g/mol. The fourth-order valence-corrected chi connectivity index (χ4v) is 3.30. The minimum absolute atomic E-state index is 0.0939. The number of carbonyl (C=O) groups is 1. The first-order valence-electron chi connectivity index (χ1n) is 8.92. The molecule has 1 aliphatic heterocycles. The summed E-state index contributed by atoms with van der Waals surface area (Å²) in [6, 6.07) is 11.6. The quantitative estimate of drug-likeness (QED) is 0.784. The Bertz CT molecular complexity index is 935. The molecule has 1 atom stereocenters. The monoisotopic (exact) mass is 347 g/mol. The highest BCUT2D eigenvalue weighted by atomic mass is 16.5. The molecule has 1 saturated heterocycles. The highest BCUT2D eigenvalue weighted by Gasteiger charge is 2.19. The maximum atomic E-state index is 12.9. The van der Waals surface area contributed by atoms with Gasteiger partial charge in [0.15, 0.2) is 0 Å². The van der Waals surface area contributed by atoms with Crippen molar-refractivity contribution in [2.75, 3.05) is 13.2 Å². The molecule has 0 spiro atoms. The fourth-order valence-electron chi connectivity index (χ4n) is 3.30. The number of nitrogens with zero attached hydrogens (tertiary/aromatic N) is 2. The number of ether oxygens (including phenoxy) is 1. The van der Waals surface area contributed by atoms with Crippen LogP contribution in [0, 0.1) is 6.92 Å². The summed E-state index contributed by atoms with van der Waals surface area (Å²) >= 11 is 0. The molecule has 1 aromatic carbocycles. The van der Waals surface area contributed by atoms with Gasteiger partial charge in [0.25, 0.3) is 5.91 Å². The van der Waals surface area contributed by atoms with Crippen LogP contribution in [-0.2, 0) is 4.74 Å². The van der Waals surface area contributed by atoms with Crippen molar-refractivity contribution in [1.82, 2.24) is 15.3 Å². The zero-order chi connectivity index (χ0) is 17.9. The van der Waals surface area contributed by atoms with Gasteiger partial charge in [0.05, 0.1) is 22.9 Å². The van der Waals surface area contributed by atoms with Gasteiger partial charge in [-0.15, -0.1) is 0 Å². The van der Waals surface area contributed by atoms with E-state index in [1.54, 1.807) is 12.4 Å². The molecule has 5 nitrogen and oxygen atoms in total. The number of nitrogens with one attached hydrogen (secondary N) is 1. The smallest absolute Gasteiger partial charge is 0.252 e. The topological polar surface area (TPSA) is 64.1 Å². The zero-order valence-corrected chi connectivity index (χ0v) is 14.7. The number of hydrogen-bond donors (Lipinski definition) is 1. The van der Waals surface area contributed by atoms with E-state index < -0.39 is 0 Å². The summed E-state index contributed by atoms with van der Waals surface area (Å²) in [5.74, 6) is -0.0939. The van der Waals surface area contributed by atoms with Crippen LogP contribution in [0.15, 0.2) is 48.8 Å². The third-order valence-corrected chi connectivity index (χ3v) is 4.68. The van der Waals surface area contributed by atoms with Crippen LogP contribution in [0.4, 0.5) is 0 Å². The van der Waals surface area contributed by atoms with E-state index in [0.717, 1.165) is 47.2 Å². The van der Waals surface area contributed by atoms with Gasteiger partial charge in [0.2, 0.25) is 0 Å². The van der Waals surface area contributed by atoms with E-state index in [4.69, 9.17) is 9.72 Å². The number of pyridine rings is 2. The molecule has 3 heterocycles. The SMILES string of the molecule is Cc1ccc2nc(-c3cccnc3)cc(C(=O)NC[C@H]3CCCO3)c2c1. The maximum Gasteiger partial charge on any atom is 0.252 e. The molecule has 3 aromatic rings. The van der Waals surface area contributed by atoms with Gasteiger partial charge in [-0.3, -0.25) is 9.78 Å². The van der Waals surface area contributed by atoms with Gasteiger partial charge >= 0.3 is 0 Å². The molecule has 2 aromatic heterocycles. The first-order chi connectivity index (χ1) is 12.7. The minimum atomic E-state index is -0.0939. The van der Waals surface area contributed by atoms with Crippen molar-refractivity contribution < 1.29 is 9.53 Å². The van der Waals surface area contributed by atoms with Crippen LogP contribution in [-0.4, -0.2) is 35.1 Å². The van der Waals surface area contributed by atoms with Crippen molar-refractivity contribution in [3.8, 4) is 11.3 Å². The number of aryl methyl sites for hydroxylation is 1. The maximum absolute atomic E-state index is 12.9. The van der Waals surface area contributed by atoms with E-state index in [9.17, 15) is 4.79 Å². The Kier molecular flexibility index (Phi) is 4.63. The van der Waals surface area contributed by atoms with Gasteiger partial charge < -0.3 is 10.1 Å². The second kappa shape index (κ2) is 7.22. The number of benzene rings is 1. The van der Waals surface area contributed by atoms with E-state index in [2.05, 4.69) is 10.3 Å². The van der Waals surface area contributed by atoms with Crippen molar-refractivity contribution in [3.63, 3.8) is 0 Å². The Balaban J connectivity index is 1.72. The van der Waals surface area contributed by atoms with Gasteiger partial charge in [-0.05, 0) is 50.1 Å². The van der Waals surface area contributed by atoms with E-state index in [1.165, 1.54) is 0 Å². The third-order valence-electron chi connectivity index (χ3n) is 4.68. The van der Waals surface area contributed by atoms with Gasteiger partial charge in [-0.1, -0.05) is 11.6 Å². The van der Waals surface area contributed by atoms with Crippen molar-refractivity contribution in [2.24, 2.45) is 0 Å². The lowest BCUT2D eigenvalue weighted by Crippen LogP contribution is -2.32. The molecular weight excluding hydrogens is 326 g/mol. The molecular formula is C21H21N3O2. The first-order valence-corrected chi connectivity index (χ1v) is 8.92. The number of fused-ring (bicyclic) bond motifs is 1. The molecule has 1 aliphatic rings. The first kappa shape index (κ1) is 16.7. The molecule has 1 amide bonds. The molecule has 5 heteroatoms. The Morgan fingerprint density at radius 2 is 2.23 bits per heavy atom. The lowest BCUT2D eigenvalue weighted by atomic mass is 10.0. The van der Waals surface area contributed by atoms with Crippen LogP contribution in [0.25, 0.3) is 22.2 Å². The van der Waals surface area contributed by atoms with Crippen LogP contribution in [0.3, 0.4) is 0 Å². The molecule has 0 radical (unpaired) electrons. The molecule has 1 N–H and O–H groups in total. The van der Waals surface area contributed by atoms with Gasteiger partial charge in [0.1, 0.15) is 0 Å². The standard InChI is InChI=1S/C21H21N3O2/c1-14-6-7-19-17(10-14)18(21(25)23-13-16-5-3-9-26-16)11-20(24-19)15-4-2-8-22-12-15/h2,4,6-8,10-12,16H,3,5,9,13H2,1H3,(H,23,25)/t16-/m1/s1. The zero-order valence-electron chi connectivity index (χ0n) is 14.7. The lowest BCUT2D eigenvalue weighted by Gasteiger charge is -2.13. The van der Waals surface area contributed by atoms with E-state index >= 15 is 0 Å². The largest absolute Gasteiger partial charge is 0.376 e. The second-order valence-electron chi connectivity index (χ2n) is 6.66. The van der Waals surface area contributed by atoms with Crippen LogP contribution >= 0.6 is 0 Å². The number of hydrogen-bond acceptors (Lipinski definition) is 4. The van der Waals surface area contributed by atoms with E-state index in [1.807, 2.05) is 43.3 Å². The highest BCUT2D eigenvalue weighted by Crippen LogP contribution is 2.25. The molecule has 4 rings (SSSR count). The molecule has 0 bridgehead atoms. The van der Waals surface area contributed by atoms with Crippen molar-refractivity contribution >= 4 is 16.8 Å². The van der Waals surface area contributed by atoms with Crippen LogP contribution in [0.1, 0.15) is 28.8 Å². The van der Waals surface area contributed by atoms with Gasteiger partial charge in [0, 0.05) is 36.5 Å². The molecule has 26 heavy (non-hydrogen) atoms. The van der Waals surface area contributed by atoms with Crippen LogP contribution in [0.5, 0.6) is 0 Å². The number of carbonyl (C=O) groups excluding carboxylic acids is 1. The molecule has 132 valence electrons. The number of aromatic nitrogens is 2.